The van der Waals surface area contributed by atoms with E-state index >= 15 is 0 Å². The van der Waals surface area contributed by atoms with Crippen molar-refractivity contribution in [1.82, 2.24) is 10.1 Å². The normalized spacial score (nSPS) is 10.8. The van der Waals surface area contributed by atoms with E-state index < -0.39 is 0 Å². The Morgan fingerprint density at radius 3 is 2.84 bits per heavy atom. The molecule has 0 amide bonds. The average Bonchev–Trinajstić information content (AvgIpc) is 3.01. The van der Waals surface area contributed by atoms with Crippen LogP contribution in [0.2, 0.25) is 0 Å². The molecule has 0 unspecified atom stereocenters. The zero-order valence-electron chi connectivity index (χ0n) is 10.1. The van der Waals surface area contributed by atoms with Crippen LogP contribution in [0.25, 0.3) is 22.8 Å². The highest BCUT2D eigenvalue weighted by atomic mass is 32.1. The van der Waals surface area contributed by atoms with Crippen molar-refractivity contribution in [3.8, 4) is 28.6 Å². The maximum atomic E-state index is 9.39. The van der Waals surface area contributed by atoms with Crippen LogP contribution in [-0.4, -0.2) is 15.2 Å². The van der Waals surface area contributed by atoms with Crippen LogP contribution in [0.4, 0.5) is 5.69 Å². The highest BCUT2D eigenvalue weighted by molar-refractivity contribution is 7.08. The number of aryl methyl sites for hydroxylation is 1. The fourth-order valence-electron chi connectivity index (χ4n) is 1.73. The zero-order valence-corrected chi connectivity index (χ0v) is 10.9. The third-order valence-electron chi connectivity index (χ3n) is 2.80. The first-order valence-electron chi connectivity index (χ1n) is 5.61. The number of nitrogen functional groups attached to an aromatic ring is 1. The highest BCUT2D eigenvalue weighted by Crippen LogP contribution is 2.29. The van der Waals surface area contributed by atoms with Gasteiger partial charge in [0, 0.05) is 16.5 Å². The van der Waals surface area contributed by atoms with Gasteiger partial charge in [0.2, 0.25) is 5.82 Å². The molecule has 0 spiro atoms. The molecule has 0 atom stereocenters. The first-order valence-corrected chi connectivity index (χ1v) is 6.55. The van der Waals surface area contributed by atoms with Crippen LogP contribution < -0.4 is 5.73 Å². The molecule has 3 aromatic rings. The van der Waals surface area contributed by atoms with E-state index in [-0.39, 0.29) is 11.4 Å². The summed E-state index contributed by atoms with van der Waals surface area (Å²) in [6.45, 7) is 2.00. The summed E-state index contributed by atoms with van der Waals surface area (Å²) < 4.78 is 5.23. The molecule has 3 N–H and O–H groups in total. The van der Waals surface area contributed by atoms with Gasteiger partial charge in [-0.05, 0) is 36.1 Å². The van der Waals surface area contributed by atoms with Crippen LogP contribution in [-0.2, 0) is 0 Å². The van der Waals surface area contributed by atoms with Crippen molar-refractivity contribution >= 4 is 17.0 Å². The summed E-state index contributed by atoms with van der Waals surface area (Å²) >= 11 is 1.60. The zero-order chi connectivity index (χ0) is 13.4. The van der Waals surface area contributed by atoms with Gasteiger partial charge in [-0.2, -0.15) is 16.3 Å². The molecule has 5 nitrogen and oxygen atoms in total. The first-order chi connectivity index (χ1) is 9.15. The average molecular weight is 273 g/mol. The van der Waals surface area contributed by atoms with E-state index in [1.165, 1.54) is 6.07 Å². The standard InChI is InChI=1S/C13H11N3O2S/c1-7-5-19-6-9(7)12-15-13(18-16-12)8-2-3-11(17)10(14)4-8/h2-6,17H,14H2,1H3. The van der Waals surface area contributed by atoms with Gasteiger partial charge >= 0.3 is 0 Å². The molecule has 2 aromatic heterocycles. The Balaban J connectivity index is 2.01. The van der Waals surface area contributed by atoms with Crippen LogP contribution in [0.15, 0.2) is 33.5 Å². The van der Waals surface area contributed by atoms with Crippen molar-refractivity contribution < 1.29 is 9.63 Å². The predicted octanol–water partition coefficient (Wildman–Crippen LogP) is 3.06. The number of nitrogens with two attached hydrogens (primary N) is 1. The Labute approximate surface area is 113 Å². The van der Waals surface area contributed by atoms with Crippen LogP contribution in [0, 0.1) is 6.92 Å². The number of aromatic hydroxyl groups is 1. The van der Waals surface area contributed by atoms with Gasteiger partial charge in [0.1, 0.15) is 5.75 Å². The molecular weight excluding hydrogens is 262 g/mol. The molecule has 19 heavy (non-hydrogen) atoms. The van der Waals surface area contributed by atoms with Crippen molar-refractivity contribution in [2.24, 2.45) is 0 Å². The van der Waals surface area contributed by atoms with E-state index in [0.29, 0.717) is 17.3 Å². The molecule has 0 aliphatic rings. The number of thiophene rings is 1. The minimum atomic E-state index is 0.0390. The van der Waals surface area contributed by atoms with Crippen molar-refractivity contribution in [2.75, 3.05) is 5.73 Å². The molecule has 6 heteroatoms. The maximum absolute atomic E-state index is 9.39. The lowest BCUT2D eigenvalue weighted by Crippen LogP contribution is -1.87. The van der Waals surface area contributed by atoms with Crippen LogP contribution in [0.3, 0.4) is 0 Å². The number of rotatable bonds is 2. The Hall–Kier alpha value is -2.34. The molecule has 96 valence electrons. The van der Waals surface area contributed by atoms with Gasteiger partial charge in [-0.15, -0.1) is 0 Å². The van der Waals surface area contributed by atoms with E-state index in [1.807, 2.05) is 17.7 Å². The summed E-state index contributed by atoms with van der Waals surface area (Å²) in [4.78, 5) is 4.35. The first kappa shape index (κ1) is 11.7. The number of anilines is 1. The van der Waals surface area contributed by atoms with Crippen molar-refractivity contribution in [3.63, 3.8) is 0 Å². The van der Waals surface area contributed by atoms with Gasteiger partial charge in [-0.25, -0.2) is 0 Å². The number of aromatic nitrogens is 2. The molecule has 0 saturated carbocycles. The lowest BCUT2D eigenvalue weighted by molar-refractivity contribution is 0.432. The number of hydrogen-bond acceptors (Lipinski definition) is 6. The van der Waals surface area contributed by atoms with Crippen LogP contribution in [0.5, 0.6) is 5.75 Å². The molecule has 3 rings (SSSR count). The van der Waals surface area contributed by atoms with Gasteiger partial charge < -0.3 is 15.4 Å². The summed E-state index contributed by atoms with van der Waals surface area (Å²) in [6, 6.07) is 4.79. The molecule has 0 aliphatic heterocycles. The number of nitrogens with zero attached hydrogens (tertiary/aromatic N) is 2. The summed E-state index contributed by atoms with van der Waals surface area (Å²) in [5.74, 6) is 0.977. The third kappa shape index (κ3) is 2.06. The predicted molar refractivity (Wildman–Crippen MR) is 73.9 cm³/mol. The van der Waals surface area contributed by atoms with E-state index in [0.717, 1.165) is 11.1 Å². The molecule has 2 heterocycles. The molecule has 1 aromatic carbocycles. The SMILES string of the molecule is Cc1cscc1-c1noc(-c2ccc(O)c(N)c2)n1. The Morgan fingerprint density at radius 1 is 1.32 bits per heavy atom. The second kappa shape index (κ2) is 4.40. The Bertz CT molecular complexity index is 733. The van der Waals surface area contributed by atoms with E-state index in [1.54, 1.807) is 23.5 Å². The molecule has 0 fully saturated rings. The summed E-state index contributed by atoms with van der Waals surface area (Å²) in [5.41, 5.74) is 8.69. The van der Waals surface area contributed by atoms with E-state index in [9.17, 15) is 5.11 Å². The van der Waals surface area contributed by atoms with Crippen molar-refractivity contribution in [1.29, 1.82) is 0 Å². The lowest BCUT2D eigenvalue weighted by Gasteiger charge is -1.99. The summed E-state index contributed by atoms with van der Waals surface area (Å²) in [5, 5.41) is 17.4. The molecule has 0 radical (unpaired) electrons. The smallest absolute Gasteiger partial charge is 0.258 e. The fraction of sp³-hybridized carbons (Fsp3) is 0.0769. The number of phenols is 1. The number of phenolic OH excluding ortho intramolecular Hbond substituents is 1. The molecule has 0 bridgehead atoms. The number of hydrogen-bond donors (Lipinski definition) is 2. The monoisotopic (exact) mass is 273 g/mol. The van der Waals surface area contributed by atoms with Gasteiger partial charge in [-0.3, -0.25) is 0 Å². The van der Waals surface area contributed by atoms with Crippen molar-refractivity contribution in [2.45, 2.75) is 6.92 Å². The van der Waals surface area contributed by atoms with Crippen LogP contribution in [0.1, 0.15) is 5.56 Å². The quantitative estimate of drug-likeness (QED) is 0.553. The summed E-state index contributed by atoms with van der Waals surface area (Å²) in [6.07, 6.45) is 0. The van der Waals surface area contributed by atoms with Gasteiger partial charge in [0.05, 0.1) is 5.69 Å². The van der Waals surface area contributed by atoms with Gasteiger partial charge in [0.15, 0.2) is 0 Å². The summed E-state index contributed by atoms with van der Waals surface area (Å²) in [7, 11) is 0. The second-order valence-electron chi connectivity index (χ2n) is 4.17. The van der Waals surface area contributed by atoms with E-state index in [4.69, 9.17) is 10.3 Å². The second-order valence-corrected chi connectivity index (χ2v) is 4.91. The molecular formula is C13H11N3O2S. The minimum Gasteiger partial charge on any atom is -0.506 e. The minimum absolute atomic E-state index is 0.0390. The highest BCUT2D eigenvalue weighted by Gasteiger charge is 2.13. The van der Waals surface area contributed by atoms with Crippen molar-refractivity contribution in [3.05, 3.63) is 34.5 Å². The third-order valence-corrected chi connectivity index (χ3v) is 3.66. The lowest BCUT2D eigenvalue weighted by atomic mass is 10.2. The topological polar surface area (TPSA) is 85.2 Å². The van der Waals surface area contributed by atoms with Gasteiger partial charge in [0.25, 0.3) is 5.89 Å². The fourth-order valence-corrected chi connectivity index (χ4v) is 2.55. The molecule has 0 saturated heterocycles. The van der Waals surface area contributed by atoms with E-state index in [2.05, 4.69) is 10.1 Å². The number of benzene rings is 1. The molecule has 0 aliphatic carbocycles. The Morgan fingerprint density at radius 2 is 2.16 bits per heavy atom. The maximum Gasteiger partial charge on any atom is 0.258 e. The Kier molecular flexibility index (Phi) is 2.72. The van der Waals surface area contributed by atoms with Crippen LogP contribution >= 0.6 is 11.3 Å². The van der Waals surface area contributed by atoms with Gasteiger partial charge in [-0.1, -0.05) is 5.16 Å². The largest absolute Gasteiger partial charge is 0.506 e.